The van der Waals surface area contributed by atoms with Crippen LogP contribution >= 0.6 is 11.3 Å². The molecule has 1 aromatic heterocycles. The first kappa shape index (κ1) is 12.0. The van der Waals surface area contributed by atoms with E-state index in [0.717, 1.165) is 5.01 Å². The van der Waals surface area contributed by atoms with Crippen molar-refractivity contribution in [1.29, 1.82) is 0 Å². The van der Waals surface area contributed by atoms with Crippen molar-refractivity contribution in [3.63, 3.8) is 0 Å². The SMILES string of the molecule is CCC1(C)C(=O)NCC(=O)N1Cc1nccs1. The molecule has 0 bridgehead atoms. The lowest BCUT2D eigenvalue weighted by molar-refractivity contribution is -0.153. The van der Waals surface area contributed by atoms with Crippen molar-refractivity contribution in [1.82, 2.24) is 15.2 Å². The fraction of sp³-hybridized carbons (Fsp3) is 0.545. The molecule has 1 atom stereocenters. The van der Waals surface area contributed by atoms with Gasteiger partial charge in [0.25, 0.3) is 0 Å². The quantitative estimate of drug-likeness (QED) is 0.865. The van der Waals surface area contributed by atoms with Crippen LogP contribution in [0.25, 0.3) is 0 Å². The van der Waals surface area contributed by atoms with Crippen molar-refractivity contribution in [2.75, 3.05) is 6.54 Å². The van der Waals surface area contributed by atoms with E-state index < -0.39 is 5.54 Å². The van der Waals surface area contributed by atoms with Crippen LogP contribution in [0.1, 0.15) is 25.3 Å². The summed E-state index contributed by atoms with van der Waals surface area (Å²) in [6.07, 6.45) is 2.30. The van der Waals surface area contributed by atoms with E-state index in [9.17, 15) is 9.59 Å². The van der Waals surface area contributed by atoms with Crippen molar-refractivity contribution in [2.45, 2.75) is 32.4 Å². The summed E-state index contributed by atoms with van der Waals surface area (Å²) in [4.78, 5) is 29.6. The predicted molar refractivity (Wildman–Crippen MR) is 64.4 cm³/mol. The molecule has 17 heavy (non-hydrogen) atoms. The van der Waals surface area contributed by atoms with Crippen LogP contribution in [0, 0.1) is 0 Å². The minimum absolute atomic E-state index is 0.0517. The Bertz CT molecular complexity index is 432. The van der Waals surface area contributed by atoms with Crippen molar-refractivity contribution in [3.8, 4) is 0 Å². The summed E-state index contributed by atoms with van der Waals surface area (Å²) >= 11 is 1.49. The number of nitrogens with one attached hydrogen (secondary N) is 1. The van der Waals surface area contributed by atoms with Crippen molar-refractivity contribution in [3.05, 3.63) is 16.6 Å². The zero-order valence-corrected chi connectivity index (χ0v) is 10.7. The molecular weight excluding hydrogens is 238 g/mol. The van der Waals surface area contributed by atoms with Gasteiger partial charge in [-0.25, -0.2) is 4.98 Å². The smallest absolute Gasteiger partial charge is 0.246 e. The van der Waals surface area contributed by atoms with Crippen molar-refractivity contribution in [2.24, 2.45) is 0 Å². The van der Waals surface area contributed by atoms with Gasteiger partial charge >= 0.3 is 0 Å². The van der Waals surface area contributed by atoms with E-state index in [4.69, 9.17) is 0 Å². The Labute approximate surface area is 104 Å². The first-order chi connectivity index (χ1) is 8.08. The molecule has 0 radical (unpaired) electrons. The zero-order valence-electron chi connectivity index (χ0n) is 9.90. The van der Waals surface area contributed by atoms with Gasteiger partial charge in [-0.15, -0.1) is 11.3 Å². The average molecular weight is 253 g/mol. The fourth-order valence-corrected chi connectivity index (χ4v) is 2.52. The minimum atomic E-state index is -0.763. The van der Waals surface area contributed by atoms with E-state index in [1.54, 1.807) is 18.0 Å². The molecule has 6 heteroatoms. The van der Waals surface area contributed by atoms with Crippen molar-refractivity contribution >= 4 is 23.2 Å². The molecule has 5 nitrogen and oxygen atoms in total. The Balaban J connectivity index is 2.26. The number of hydrogen-bond donors (Lipinski definition) is 1. The normalized spacial score (nSPS) is 24.9. The standard InChI is InChI=1S/C11H15N3O2S/c1-3-11(2)10(16)13-6-9(15)14(11)7-8-12-4-5-17-8/h4-5H,3,6-7H2,1-2H3,(H,13,16). The number of nitrogens with zero attached hydrogens (tertiary/aromatic N) is 2. The Hall–Kier alpha value is -1.43. The van der Waals surface area contributed by atoms with Gasteiger partial charge in [-0.1, -0.05) is 6.92 Å². The first-order valence-electron chi connectivity index (χ1n) is 5.55. The summed E-state index contributed by atoms with van der Waals surface area (Å²) in [5.74, 6) is -0.139. The lowest BCUT2D eigenvalue weighted by atomic mass is 9.93. The lowest BCUT2D eigenvalue weighted by Crippen LogP contribution is -2.65. The van der Waals surface area contributed by atoms with Crippen LogP contribution in [-0.2, 0) is 16.1 Å². The van der Waals surface area contributed by atoms with Gasteiger partial charge in [0.2, 0.25) is 11.8 Å². The van der Waals surface area contributed by atoms with Gasteiger partial charge in [-0.2, -0.15) is 0 Å². The third-order valence-corrected chi connectivity index (χ3v) is 4.02. The Morgan fingerprint density at radius 1 is 1.59 bits per heavy atom. The summed E-state index contributed by atoms with van der Waals surface area (Å²) in [5, 5.41) is 5.36. The first-order valence-corrected chi connectivity index (χ1v) is 6.43. The summed E-state index contributed by atoms with van der Waals surface area (Å²) in [5.41, 5.74) is -0.763. The van der Waals surface area contributed by atoms with Gasteiger partial charge in [0.15, 0.2) is 0 Å². The fourth-order valence-electron chi connectivity index (χ4n) is 1.92. The highest BCUT2D eigenvalue weighted by atomic mass is 32.1. The molecule has 1 aliphatic heterocycles. The Morgan fingerprint density at radius 2 is 2.35 bits per heavy atom. The molecule has 1 aliphatic rings. The molecule has 1 aromatic rings. The highest BCUT2D eigenvalue weighted by Gasteiger charge is 2.44. The predicted octanol–water partition coefficient (Wildman–Crippen LogP) is 0.770. The average Bonchev–Trinajstić information content (AvgIpc) is 2.82. The van der Waals surface area contributed by atoms with Gasteiger partial charge in [0.05, 0.1) is 13.1 Å². The number of hydrogen-bond acceptors (Lipinski definition) is 4. The van der Waals surface area contributed by atoms with E-state index in [2.05, 4.69) is 10.3 Å². The van der Waals surface area contributed by atoms with E-state index in [-0.39, 0.29) is 18.4 Å². The van der Waals surface area contributed by atoms with Crippen LogP contribution in [0.4, 0.5) is 0 Å². The highest BCUT2D eigenvalue weighted by Crippen LogP contribution is 2.25. The number of aromatic nitrogens is 1. The second-order valence-corrected chi connectivity index (χ2v) is 5.19. The molecule has 0 aromatic carbocycles. The third-order valence-electron chi connectivity index (χ3n) is 3.25. The number of carbonyl (C=O) groups is 2. The molecule has 2 amide bonds. The highest BCUT2D eigenvalue weighted by molar-refractivity contribution is 7.09. The van der Waals surface area contributed by atoms with Gasteiger partial charge in [0, 0.05) is 11.6 Å². The Kier molecular flexibility index (Phi) is 3.15. The van der Waals surface area contributed by atoms with Gasteiger partial charge in [-0.3, -0.25) is 9.59 Å². The summed E-state index contributed by atoms with van der Waals surface area (Å²) in [7, 11) is 0. The van der Waals surface area contributed by atoms with Crippen LogP contribution in [-0.4, -0.2) is 33.8 Å². The molecule has 0 aliphatic carbocycles. The van der Waals surface area contributed by atoms with Crippen molar-refractivity contribution < 1.29 is 9.59 Å². The monoisotopic (exact) mass is 253 g/mol. The van der Waals surface area contributed by atoms with Gasteiger partial charge < -0.3 is 10.2 Å². The minimum Gasteiger partial charge on any atom is -0.345 e. The summed E-state index contributed by atoms with van der Waals surface area (Å²) < 4.78 is 0. The molecule has 1 saturated heterocycles. The second kappa shape index (κ2) is 4.44. The van der Waals surface area contributed by atoms with Crippen LogP contribution in [0.2, 0.25) is 0 Å². The Morgan fingerprint density at radius 3 is 2.94 bits per heavy atom. The molecule has 1 unspecified atom stereocenters. The maximum atomic E-state index is 11.9. The summed E-state index contributed by atoms with van der Waals surface area (Å²) in [6, 6.07) is 0. The second-order valence-electron chi connectivity index (χ2n) is 4.22. The van der Waals surface area contributed by atoms with E-state index in [0.29, 0.717) is 13.0 Å². The molecular formula is C11H15N3O2S. The molecule has 92 valence electrons. The molecule has 0 spiro atoms. The van der Waals surface area contributed by atoms with Crippen LogP contribution in [0.3, 0.4) is 0 Å². The molecule has 1 fully saturated rings. The molecule has 0 saturated carbocycles. The molecule has 2 rings (SSSR count). The summed E-state index contributed by atoms with van der Waals surface area (Å²) in [6.45, 7) is 4.20. The molecule has 1 N–H and O–H groups in total. The topological polar surface area (TPSA) is 62.3 Å². The van der Waals surface area contributed by atoms with Gasteiger partial charge in [-0.05, 0) is 13.3 Å². The van der Waals surface area contributed by atoms with Crippen LogP contribution < -0.4 is 5.32 Å². The maximum absolute atomic E-state index is 11.9. The largest absolute Gasteiger partial charge is 0.345 e. The number of amides is 2. The number of thiazole rings is 1. The van der Waals surface area contributed by atoms with E-state index >= 15 is 0 Å². The maximum Gasteiger partial charge on any atom is 0.246 e. The number of carbonyl (C=O) groups excluding carboxylic acids is 2. The van der Waals surface area contributed by atoms with Crippen LogP contribution in [0.15, 0.2) is 11.6 Å². The third kappa shape index (κ3) is 2.04. The number of rotatable bonds is 3. The van der Waals surface area contributed by atoms with E-state index in [1.165, 1.54) is 11.3 Å². The van der Waals surface area contributed by atoms with Gasteiger partial charge in [0.1, 0.15) is 10.5 Å². The van der Waals surface area contributed by atoms with E-state index in [1.807, 2.05) is 12.3 Å². The van der Waals surface area contributed by atoms with Crippen LogP contribution in [0.5, 0.6) is 0 Å². The lowest BCUT2D eigenvalue weighted by Gasteiger charge is -2.42. The molecule has 2 heterocycles. The zero-order chi connectivity index (χ0) is 12.5. The number of piperazine rings is 1.